The molecule has 2 aliphatic rings. The van der Waals surface area contributed by atoms with Crippen molar-refractivity contribution in [3.8, 4) is 0 Å². The molecule has 3 amide bonds. The summed E-state index contributed by atoms with van der Waals surface area (Å²) >= 11 is 1.37. The molecule has 0 radical (unpaired) electrons. The first-order valence-corrected chi connectivity index (χ1v) is 12.4. The molecule has 1 aliphatic carbocycles. The van der Waals surface area contributed by atoms with Crippen molar-refractivity contribution in [2.45, 2.75) is 24.1 Å². The molecule has 2 aromatic carbocycles. The Balaban J connectivity index is 1.49. The van der Waals surface area contributed by atoms with Gasteiger partial charge >= 0.3 is 0 Å². The standard InChI is InChI=1S/C27H28N4O4S/c1-31(2)21-11-8-18(9-12-21)25(32)29-22(14-17-6-4-3-5-7-17)26(33)28-20-10-13-23-19(15-20)16-24(36-23)27(34)30-35/h3-12,15-16,22-23,35H,13-14H2,1-2H3,(H,28,33)(H,29,32)(H,30,34)/t22-,23?/m0/s1. The van der Waals surface area contributed by atoms with Crippen LogP contribution in [0, 0.1) is 0 Å². The van der Waals surface area contributed by atoms with Gasteiger partial charge in [-0.25, -0.2) is 5.48 Å². The van der Waals surface area contributed by atoms with Gasteiger partial charge in [-0.3, -0.25) is 19.6 Å². The molecule has 0 saturated carbocycles. The maximum atomic E-state index is 13.3. The van der Waals surface area contributed by atoms with Crippen molar-refractivity contribution in [2.24, 2.45) is 0 Å². The summed E-state index contributed by atoms with van der Waals surface area (Å²) in [5.41, 5.74) is 5.51. The van der Waals surface area contributed by atoms with Crippen molar-refractivity contribution >= 4 is 35.2 Å². The molecule has 2 aromatic rings. The fraction of sp³-hybridized carbons (Fsp3) is 0.222. The zero-order valence-corrected chi connectivity index (χ0v) is 20.8. The van der Waals surface area contributed by atoms with Gasteiger partial charge in [-0.2, -0.15) is 0 Å². The minimum Gasteiger partial charge on any atom is -0.378 e. The minimum absolute atomic E-state index is 0.0582. The Morgan fingerprint density at radius 3 is 2.42 bits per heavy atom. The van der Waals surface area contributed by atoms with E-state index in [1.165, 1.54) is 11.8 Å². The molecule has 1 aliphatic heterocycles. The van der Waals surface area contributed by atoms with Gasteiger partial charge < -0.3 is 15.5 Å². The van der Waals surface area contributed by atoms with Crippen LogP contribution in [0.4, 0.5) is 5.69 Å². The van der Waals surface area contributed by atoms with Crippen LogP contribution in [0.2, 0.25) is 0 Å². The molecule has 1 unspecified atom stereocenters. The number of benzene rings is 2. The molecule has 8 nitrogen and oxygen atoms in total. The number of hydrogen-bond acceptors (Lipinski definition) is 6. The SMILES string of the molecule is CN(C)c1ccc(C(=O)N[C@@H](Cc2ccccc2)C(=O)NC2=CCC3SC(C(=O)NO)=CC3=C2)cc1. The van der Waals surface area contributed by atoms with E-state index in [9.17, 15) is 14.4 Å². The number of amides is 3. The number of carbonyl (C=O) groups is 3. The predicted octanol–water partition coefficient (Wildman–Crippen LogP) is 2.93. The Hall–Kier alpha value is -3.82. The number of fused-ring (bicyclic) bond motifs is 1. The van der Waals surface area contributed by atoms with Gasteiger partial charge in [0, 0.05) is 42.7 Å². The second kappa shape index (κ2) is 11.3. The lowest BCUT2D eigenvalue weighted by Gasteiger charge is -2.22. The van der Waals surface area contributed by atoms with E-state index in [0.717, 1.165) is 16.8 Å². The molecule has 36 heavy (non-hydrogen) atoms. The van der Waals surface area contributed by atoms with Gasteiger partial charge in [0.1, 0.15) is 6.04 Å². The molecule has 186 valence electrons. The van der Waals surface area contributed by atoms with Crippen LogP contribution in [0.15, 0.2) is 89.0 Å². The second-order valence-corrected chi connectivity index (χ2v) is 9.99. The van der Waals surface area contributed by atoms with Gasteiger partial charge in [-0.15, -0.1) is 11.8 Å². The highest BCUT2D eigenvalue weighted by Crippen LogP contribution is 2.40. The molecule has 1 heterocycles. The van der Waals surface area contributed by atoms with Crippen LogP contribution in [-0.4, -0.2) is 48.3 Å². The van der Waals surface area contributed by atoms with Crippen LogP contribution in [0.25, 0.3) is 0 Å². The zero-order valence-electron chi connectivity index (χ0n) is 20.0. The summed E-state index contributed by atoms with van der Waals surface area (Å²) in [4.78, 5) is 40.4. The minimum atomic E-state index is -0.797. The Bertz CT molecular complexity index is 1240. The van der Waals surface area contributed by atoms with Gasteiger partial charge in [0.15, 0.2) is 0 Å². The van der Waals surface area contributed by atoms with Crippen molar-refractivity contribution < 1.29 is 19.6 Å². The molecule has 0 saturated heterocycles. The fourth-order valence-corrected chi connectivity index (χ4v) is 5.12. The highest BCUT2D eigenvalue weighted by molar-refractivity contribution is 8.05. The highest BCUT2D eigenvalue weighted by Gasteiger charge is 2.29. The normalized spacial score (nSPS) is 17.1. The van der Waals surface area contributed by atoms with Gasteiger partial charge in [-0.05, 0) is 54.0 Å². The number of hydroxylamine groups is 1. The van der Waals surface area contributed by atoms with Crippen LogP contribution in [0.5, 0.6) is 0 Å². The van der Waals surface area contributed by atoms with E-state index < -0.39 is 11.9 Å². The maximum Gasteiger partial charge on any atom is 0.281 e. The molecule has 0 bridgehead atoms. The average molecular weight is 505 g/mol. The van der Waals surface area contributed by atoms with Crippen molar-refractivity contribution in [2.75, 3.05) is 19.0 Å². The third kappa shape index (κ3) is 6.05. The molecule has 0 fully saturated rings. The summed E-state index contributed by atoms with van der Waals surface area (Å²) in [6.45, 7) is 0. The number of hydrogen-bond donors (Lipinski definition) is 4. The Morgan fingerprint density at radius 1 is 1.03 bits per heavy atom. The number of anilines is 1. The molecule has 9 heteroatoms. The van der Waals surface area contributed by atoms with Gasteiger partial charge in [-0.1, -0.05) is 36.4 Å². The van der Waals surface area contributed by atoms with E-state index in [4.69, 9.17) is 5.21 Å². The third-order valence-electron chi connectivity index (χ3n) is 5.96. The van der Waals surface area contributed by atoms with E-state index in [1.54, 1.807) is 23.7 Å². The maximum absolute atomic E-state index is 13.3. The fourth-order valence-electron chi connectivity index (χ4n) is 3.99. The van der Waals surface area contributed by atoms with Crippen molar-refractivity contribution in [3.63, 3.8) is 0 Å². The Labute approximate surface area is 214 Å². The van der Waals surface area contributed by atoms with Crippen LogP contribution < -0.4 is 21.0 Å². The van der Waals surface area contributed by atoms with E-state index in [2.05, 4.69) is 10.6 Å². The Morgan fingerprint density at radius 2 is 1.75 bits per heavy atom. The number of rotatable bonds is 8. The van der Waals surface area contributed by atoms with E-state index >= 15 is 0 Å². The van der Waals surface area contributed by atoms with Crippen molar-refractivity contribution in [1.82, 2.24) is 16.1 Å². The zero-order chi connectivity index (χ0) is 25.7. The van der Waals surface area contributed by atoms with Gasteiger partial charge in [0.05, 0.1) is 4.91 Å². The number of thioether (sulfide) groups is 1. The summed E-state index contributed by atoms with van der Waals surface area (Å²) in [6, 6.07) is 15.9. The van der Waals surface area contributed by atoms with Crippen LogP contribution in [0.1, 0.15) is 22.3 Å². The highest BCUT2D eigenvalue weighted by atomic mass is 32.2. The average Bonchev–Trinajstić information content (AvgIpc) is 3.32. The lowest BCUT2D eigenvalue weighted by Crippen LogP contribution is -2.47. The predicted molar refractivity (Wildman–Crippen MR) is 140 cm³/mol. The lowest BCUT2D eigenvalue weighted by atomic mass is 10.0. The summed E-state index contributed by atoms with van der Waals surface area (Å²) in [5.74, 6) is -1.21. The number of nitrogens with zero attached hydrogens (tertiary/aromatic N) is 1. The number of nitrogens with one attached hydrogen (secondary N) is 3. The molecular weight excluding hydrogens is 476 g/mol. The number of allylic oxidation sites excluding steroid dienone is 3. The third-order valence-corrected chi connectivity index (χ3v) is 7.26. The quantitative estimate of drug-likeness (QED) is 0.325. The summed E-state index contributed by atoms with van der Waals surface area (Å²) in [7, 11) is 3.85. The summed E-state index contributed by atoms with van der Waals surface area (Å²) in [5, 5.41) is 14.8. The second-order valence-electron chi connectivity index (χ2n) is 8.74. The molecule has 0 aromatic heterocycles. The summed E-state index contributed by atoms with van der Waals surface area (Å²) < 4.78 is 0. The monoisotopic (exact) mass is 504 g/mol. The van der Waals surface area contributed by atoms with Crippen LogP contribution in [0.3, 0.4) is 0 Å². The van der Waals surface area contributed by atoms with Gasteiger partial charge in [0.2, 0.25) is 5.91 Å². The molecule has 4 N–H and O–H groups in total. The Kier molecular flexibility index (Phi) is 7.92. The molecular formula is C27H28N4O4S. The van der Waals surface area contributed by atoms with Crippen LogP contribution >= 0.6 is 11.8 Å². The van der Waals surface area contributed by atoms with Crippen molar-refractivity contribution in [3.05, 3.63) is 100 Å². The largest absolute Gasteiger partial charge is 0.378 e. The van der Waals surface area contributed by atoms with Crippen LogP contribution in [-0.2, 0) is 16.0 Å². The first kappa shape index (κ1) is 25.3. The number of carbonyl (C=O) groups excluding carboxylic acids is 3. The molecule has 0 spiro atoms. The first-order valence-electron chi connectivity index (χ1n) is 11.5. The summed E-state index contributed by atoms with van der Waals surface area (Å²) in [6.07, 6.45) is 6.38. The lowest BCUT2D eigenvalue weighted by molar-refractivity contribution is -0.124. The molecule has 4 rings (SSSR count). The van der Waals surface area contributed by atoms with E-state index in [-0.39, 0.29) is 17.1 Å². The topological polar surface area (TPSA) is 111 Å². The van der Waals surface area contributed by atoms with Gasteiger partial charge in [0.25, 0.3) is 11.8 Å². The smallest absolute Gasteiger partial charge is 0.281 e. The van der Waals surface area contributed by atoms with Crippen molar-refractivity contribution in [1.29, 1.82) is 0 Å². The molecule has 2 atom stereocenters. The van der Waals surface area contributed by atoms with E-state index in [1.807, 2.05) is 73.6 Å². The first-order chi connectivity index (χ1) is 17.3. The van der Waals surface area contributed by atoms with E-state index in [0.29, 0.717) is 29.0 Å².